The molecule has 2 aromatic carbocycles. The Morgan fingerprint density at radius 3 is 2.37 bits per heavy atom. The molecule has 1 unspecified atom stereocenters. The monoisotopic (exact) mass is 481 g/mol. The number of likely N-dealkylation sites (tertiary alicyclic amines) is 1. The molecule has 1 atom stereocenters. The number of phenols is 1. The van der Waals surface area contributed by atoms with Gasteiger partial charge in [-0.05, 0) is 60.7 Å². The number of Topliss-reactive ketones (excluding diaryl/α,β-unsaturated/α-hetero) is 1. The molecule has 0 aliphatic carbocycles. The summed E-state index contributed by atoms with van der Waals surface area (Å²) in [5.74, 6) is -0.619. The van der Waals surface area contributed by atoms with Crippen molar-refractivity contribution in [3.05, 3.63) is 58.7 Å². The van der Waals surface area contributed by atoms with Gasteiger partial charge in [0.05, 0.1) is 25.3 Å². The van der Waals surface area contributed by atoms with Crippen molar-refractivity contribution in [1.82, 2.24) is 4.90 Å². The summed E-state index contributed by atoms with van der Waals surface area (Å²) in [7, 11) is 1.45. The molecule has 3 rings (SSSR count). The first-order valence-electron chi connectivity index (χ1n) is 12.2. The standard InChI is InChI=1S/C28H35NO6/c1-6-8-9-14-29-25(18-10-13-23(34-5)21(30)16-18)24(27(32)28(29)33)26(31)19-11-12-22(35-7-2)20(15-19)17(3)4/h10-13,15-17,25,30-31H,6-9,14H2,1-5H3/b26-24-. The van der Waals surface area contributed by atoms with Gasteiger partial charge in [0.25, 0.3) is 11.7 Å². The molecule has 1 aliphatic rings. The Balaban J connectivity index is 2.17. The quantitative estimate of drug-likeness (QED) is 0.200. The third-order valence-corrected chi connectivity index (χ3v) is 6.27. The van der Waals surface area contributed by atoms with Gasteiger partial charge >= 0.3 is 0 Å². The topological polar surface area (TPSA) is 96.3 Å². The zero-order valence-corrected chi connectivity index (χ0v) is 21.1. The second-order valence-corrected chi connectivity index (χ2v) is 8.97. The van der Waals surface area contributed by atoms with Crippen molar-refractivity contribution in [2.24, 2.45) is 0 Å². The van der Waals surface area contributed by atoms with E-state index in [2.05, 4.69) is 6.92 Å². The van der Waals surface area contributed by atoms with Gasteiger partial charge in [0.1, 0.15) is 11.5 Å². The highest BCUT2D eigenvalue weighted by Crippen LogP contribution is 2.42. The van der Waals surface area contributed by atoms with Gasteiger partial charge < -0.3 is 24.6 Å². The van der Waals surface area contributed by atoms with Crippen molar-refractivity contribution in [3.8, 4) is 17.2 Å². The van der Waals surface area contributed by atoms with Gasteiger partial charge in [-0.3, -0.25) is 9.59 Å². The molecule has 188 valence electrons. The summed E-state index contributed by atoms with van der Waals surface area (Å²) in [5.41, 5.74) is 1.86. The van der Waals surface area contributed by atoms with Crippen LogP contribution in [0.25, 0.3) is 5.76 Å². The van der Waals surface area contributed by atoms with Crippen molar-refractivity contribution < 1.29 is 29.3 Å². The number of hydrogen-bond donors (Lipinski definition) is 2. The SMILES string of the molecule is CCCCCN1C(=O)C(=O)/C(=C(\O)c2ccc(OCC)c(C(C)C)c2)C1c1ccc(OC)c(O)c1. The van der Waals surface area contributed by atoms with E-state index in [4.69, 9.17) is 9.47 Å². The van der Waals surface area contributed by atoms with Crippen molar-refractivity contribution in [2.45, 2.75) is 58.9 Å². The van der Waals surface area contributed by atoms with E-state index in [1.165, 1.54) is 18.1 Å². The molecule has 1 amide bonds. The highest BCUT2D eigenvalue weighted by Gasteiger charge is 2.46. The van der Waals surface area contributed by atoms with E-state index in [1.807, 2.05) is 20.8 Å². The Morgan fingerprint density at radius 1 is 1.06 bits per heavy atom. The van der Waals surface area contributed by atoms with Crippen molar-refractivity contribution in [3.63, 3.8) is 0 Å². The molecule has 1 saturated heterocycles. The zero-order valence-electron chi connectivity index (χ0n) is 21.1. The normalized spacial score (nSPS) is 17.3. The number of benzene rings is 2. The minimum absolute atomic E-state index is 0.00920. The Hall–Kier alpha value is -3.48. The number of carbonyl (C=O) groups excluding carboxylic acids is 2. The molecule has 0 spiro atoms. The van der Waals surface area contributed by atoms with Crippen LogP contribution in [0.3, 0.4) is 0 Å². The van der Waals surface area contributed by atoms with Crippen LogP contribution >= 0.6 is 0 Å². The fourth-order valence-electron chi connectivity index (χ4n) is 4.46. The lowest BCUT2D eigenvalue weighted by molar-refractivity contribution is -0.139. The summed E-state index contributed by atoms with van der Waals surface area (Å²) < 4.78 is 10.9. The lowest BCUT2D eigenvalue weighted by Gasteiger charge is -2.26. The van der Waals surface area contributed by atoms with E-state index >= 15 is 0 Å². The van der Waals surface area contributed by atoms with Crippen LogP contribution in [0.5, 0.6) is 17.2 Å². The van der Waals surface area contributed by atoms with Crippen LogP contribution in [-0.4, -0.2) is 47.1 Å². The third-order valence-electron chi connectivity index (χ3n) is 6.27. The highest BCUT2D eigenvalue weighted by molar-refractivity contribution is 6.46. The maximum absolute atomic E-state index is 13.2. The molecule has 35 heavy (non-hydrogen) atoms. The molecule has 1 heterocycles. The number of nitrogens with zero attached hydrogens (tertiary/aromatic N) is 1. The Labute approximate surface area is 207 Å². The number of aliphatic hydroxyl groups excluding tert-OH is 1. The molecular formula is C28H35NO6. The molecule has 7 heteroatoms. The molecule has 2 aromatic rings. The van der Waals surface area contributed by atoms with Crippen LogP contribution in [0.1, 0.15) is 75.6 Å². The predicted octanol–water partition coefficient (Wildman–Crippen LogP) is 5.53. The first-order chi connectivity index (χ1) is 16.7. The molecule has 7 nitrogen and oxygen atoms in total. The molecule has 0 saturated carbocycles. The van der Waals surface area contributed by atoms with Gasteiger partial charge in [-0.15, -0.1) is 0 Å². The van der Waals surface area contributed by atoms with Crippen LogP contribution in [-0.2, 0) is 9.59 Å². The van der Waals surface area contributed by atoms with Gasteiger partial charge in [0.2, 0.25) is 0 Å². The van der Waals surface area contributed by atoms with Crippen molar-refractivity contribution >= 4 is 17.4 Å². The van der Waals surface area contributed by atoms with Gasteiger partial charge in [0, 0.05) is 12.1 Å². The zero-order chi connectivity index (χ0) is 25.7. The molecule has 1 fully saturated rings. The van der Waals surface area contributed by atoms with Crippen LogP contribution in [0.2, 0.25) is 0 Å². The van der Waals surface area contributed by atoms with E-state index in [9.17, 15) is 19.8 Å². The Bertz CT molecular complexity index is 1120. The average Bonchev–Trinajstić information content (AvgIpc) is 3.09. The lowest BCUT2D eigenvalue weighted by Crippen LogP contribution is -2.30. The molecule has 1 aliphatic heterocycles. The van der Waals surface area contributed by atoms with Gasteiger partial charge in [0.15, 0.2) is 11.5 Å². The average molecular weight is 482 g/mol. The minimum atomic E-state index is -0.822. The summed E-state index contributed by atoms with van der Waals surface area (Å²) in [6.45, 7) is 8.89. The summed E-state index contributed by atoms with van der Waals surface area (Å²) >= 11 is 0. The molecule has 0 bridgehead atoms. The number of phenolic OH excluding ortho intramolecular Hbond substituents is 1. The van der Waals surface area contributed by atoms with Crippen molar-refractivity contribution in [2.75, 3.05) is 20.3 Å². The van der Waals surface area contributed by atoms with Gasteiger partial charge in [-0.1, -0.05) is 39.7 Å². The number of methoxy groups -OCH3 is 1. The molecule has 0 radical (unpaired) electrons. The summed E-state index contributed by atoms with van der Waals surface area (Å²) in [5, 5.41) is 21.8. The number of carbonyl (C=O) groups is 2. The fraction of sp³-hybridized carbons (Fsp3) is 0.429. The number of unbranched alkanes of at least 4 members (excludes halogenated alkanes) is 2. The maximum Gasteiger partial charge on any atom is 0.295 e. The van der Waals surface area contributed by atoms with Gasteiger partial charge in [-0.2, -0.15) is 0 Å². The maximum atomic E-state index is 13.2. The summed E-state index contributed by atoms with van der Waals surface area (Å²) in [4.78, 5) is 27.8. The molecular weight excluding hydrogens is 446 g/mol. The third kappa shape index (κ3) is 5.29. The molecule has 2 N–H and O–H groups in total. The first-order valence-corrected chi connectivity index (χ1v) is 12.2. The van der Waals surface area contributed by atoms with Crippen LogP contribution < -0.4 is 9.47 Å². The number of rotatable bonds is 10. The highest BCUT2D eigenvalue weighted by atomic mass is 16.5. The van der Waals surface area contributed by atoms with Crippen LogP contribution in [0.4, 0.5) is 0 Å². The number of aromatic hydroxyl groups is 1. The number of amides is 1. The Morgan fingerprint density at radius 2 is 1.77 bits per heavy atom. The Kier molecular flexibility index (Phi) is 8.43. The minimum Gasteiger partial charge on any atom is -0.507 e. The molecule has 0 aromatic heterocycles. The lowest BCUT2D eigenvalue weighted by atomic mass is 9.93. The largest absolute Gasteiger partial charge is 0.507 e. The van der Waals surface area contributed by atoms with Crippen LogP contribution in [0, 0.1) is 0 Å². The number of aliphatic hydroxyl groups is 1. The predicted molar refractivity (Wildman–Crippen MR) is 135 cm³/mol. The van der Waals surface area contributed by atoms with E-state index in [1.54, 1.807) is 30.3 Å². The number of ether oxygens (including phenoxy) is 2. The summed E-state index contributed by atoms with van der Waals surface area (Å²) in [6, 6.07) is 9.22. The second-order valence-electron chi connectivity index (χ2n) is 8.97. The summed E-state index contributed by atoms with van der Waals surface area (Å²) in [6.07, 6.45) is 2.59. The number of ketones is 1. The fourth-order valence-corrected chi connectivity index (χ4v) is 4.46. The van der Waals surface area contributed by atoms with E-state index in [-0.39, 0.29) is 28.7 Å². The van der Waals surface area contributed by atoms with Gasteiger partial charge in [-0.25, -0.2) is 0 Å². The van der Waals surface area contributed by atoms with Crippen LogP contribution in [0.15, 0.2) is 42.0 Å². The van der Waals surface area contributed by atoms with E-state index in [0.717, 1.165) is 30.6 Å². The van der Waals surface area contributed by atoms with E-state index in [0.29, 0.717) is 24.3 Å². The first kappa shape index (κ1) is 26.1. The smallest absolute Gasteiger partial charge is 0.295 e. The van der Waals surface area contributed by atoms with E-state index < -0.39 is 17.7 Å². The second kappa shape index (κ2) is 11.3. The van der Waals surface area contributed by atoms with Crippen molar-refractivity contribution in [1.29, 1.82) is 0 Å². The number of hydrogen-bond acceptors (Lipinski definition) is 6.